The van der Waals surface area contributed by atoms with Gasteiger partial charge in [0.1, 0.15) is 5.75 Å². The Hall–Kier alpha value is -3.33. The molecule has 9 heteroatoms. The molecule has 1 atom stereocenters. The van der Waals surface area contributed by atoms with Crippen LogP contribution in [0, 0.1) is 0 Å². The second-order valence-corrected chi connectivity index (χ2v) is 7.93. The zero-order valence-electron chi connectivity index (χ0n) is 17.4. The van der Waals surface area contributed by atoms with Gasteiger partial charge in [-0.2, -0.15) is 0 Å². The number of ether oxygens (including phenoxy) is 2. The van der Waals surface area contributed by atoms with Gasteiger partial charge in [0.2, 0.25) is 0 Å². The van der Waals surface area contributed by atoms with Crippen LogP contribution in [0.25, 0.3) is 16.9 Å². The van der Waals surface area contributed by atoms with E-state index in [4.69, 9.17) is 9.47 Å². The van der Waals surface area contributed by atoms with E-state index in [1.54, 1.807) is 12.0 Å². The highest BCUT2D eigenvalue weighted by Gasteiger charge is 2.26. The Balaban J connectivity index is 1.37. The predicted molar refractivity (Wildman–Crippen MR) is 114 cm³/mol. The minimum absolute atomic E-state index is 0.0863. The van der Waals surface area contributed by atoms with Crippen molar-refractivity contribution in [3.63, 3.8) is 0 Å². The Morgan fingerprint density at radius 3 is 2.94 bits per heavy atom. The number of H-pyrrole nitrogens is 1. The number of methoxy groups -OCH3 is 1. The molecule has 0 unspecified atom stereocenters. The smallest absolute Gasteiger partial charge is 0.317 e. The van der Waals surface area contributed by atoms with Crippen molar-refractivity contribution in [1.29, 1.82) is 0 Å². The van der Waals surface area contributed by atoms with Gasteiger partial charge in [-0.3, -0.25) is 9.89 Å². The van der Waals surface area contributed by atoms with Crippen LogP contribution in [0.2, 0.25) is 0 Å². The lowest BCUT2D eigenvalue weighted by Crippen LogP contribution is -2.46. The van der Waals surface area contributed by atoms with Gasteiger partial charge in [-0.1, -0.05) is 0 Å². The highest BCUT2D eigenvalue weighted by molar-refractivity contribution is 5.74. The number of hydrogen-bond acceptors (Lipinski definition) is 5. The van der Waals surface area contributed by atoms with E-state index in [2.05, 4.69) is 15.4 Å². The summed E-state index contributed by atoms with van der Waals surface area (Å²) >= 11 is 0. The average Bonchev–Trinajstić information content (AvgIpc) is 3.47. The molecule has 0 spiro atoms. The van der Waals surface area contributed by atoms with E-state index in [1.165, 1.54) is 4.52 Å². The summed E-state index contributed by atoms with van der Waals surface area (Å²) in [6.07, 6.45) is 2.64. The van der Waals surface area contributed by atoms with Crippen LogP contribution in [0.15, 0.2) is 35.1 Å². The van der Waals surface area contributed by atoms with Gasteiger partial charge in [0.25, 0.3) is 5.56 Å². The van der Waals surface area contributed by atoms with E-state index in [-0.39, 0.29) is 24.2 Å². The van der Waals surface area contributed by atoms with Gasteiger partial charge < -0.3 is 19.7 Å². The first-order chi connectivity index (χ1) is 15.1. The van der Waals surface area contributed by atoms with Crippen molar-refractivity contribution in [1.82, 2.24) is 24.8 Å². The highest BCUT2D eigenvalue weighted by Crippen LogP contribution is 2.23. The lowest BCUT2D eigenvalue weighted by molar-refractivity contribution is 0.108. The lowest BCUT2D eigenvalue weighted by atomic mass is 10.1. The Morgan fingerprint density at radius 2 is 2.19 bits per heavy atom. The van der Waals surface area contributed by atoms with Gasteiger partial charge in [-0.05, 0) is 42.7 Å². The average molecular weight is 423 g/mol. The quantitative estimate of drug-likeness (QED) is 0.668. The number of aromatic amines is 1. The molecule has 31 heavy (non-hydrogen) atoms. The minimum atomic E-state index is -0.170. The first-order valence-corrected chi connectivity index (χ1v) is 10.5. The number of fused-ring (bicyclic) bond motifs is 2. The van der Waals surface area contributed by atoms with Crippen molar-refractivity contribution in [2.75, 3.05) is 26.8 Å². The molecule has 9 nitrogen and oxygen atoms in total. The van der Waals surface area contributed by atoms with Crippen molar-refractivity contribution < 1.29 is 14.3 Å². The zero-order chi connectivity index (χ0) is 21.4. The number of nitrogens with one attached hydrogen (secondary N) is 2. The molecule has 2 amide bonds. The molecule has 1 saturated heterocycles. The number of aromatic nitrogens is 3. The third kappa shape index (κ3) is 3.76. The van der Waals surface area contributed by atoms with Crippen molar-refractivity contribution in [3.05, 3.63) is 51.9 Å². The van der Waals surface area contributed by atoms with Crippen LogP contribution in [-0.4, -0.2) is 58.4 Å². The van der Waals surface area contributed by atoms with Gasteiger partial charge in [0, 0.05) is 32.2 Å². The van der Waals surface area contributed by atoms with Crippen molar-refractivity contribution in [2.45, 2.75) is 31.9 Å². The Labute approximate surface area is 179 Å². The molecule has 3 aromatic rings. The van der Waals surface area contributed by atoms with E-state index in [0.717, 1.165) is 42.1 Å². The summed E-state index contributed by atoms with van der Waals surface area (Å²) in [6.45, 7) is 2.03. The Kier molecular flexibility index (Phi) is 5.11. The van der Waals surface area contributed by atoms with E-state index in [1.807, 2.05) is 30.3 Å². The molecular formula is C22H25N5O4. The number of amides is 2. The summed E-state index contributed by atoms with van der Waals surface area (Å²) < 4.78 is 12.2. The van der Waals surface area contributed by atoms with Crippen LogP contribution >= 0.6 is 0 Å². The number of carbonyl (C=O) groups is 1. The van der Waals surface area contributed by atoms with Crippen LogP contribution in [0.3, 0.4) is 0 Å². The number of urea groups is 1. The Morgan fingerprint density at radius 1 is 1.35 bits per heavy atom. The van der Waals surface area contributed by atoms with Crippen LogP contribution in [0.1, 0.15) is 24.1 Å². The fourth-order valence-corrected chi connectivity index (χ4v) is 4.19. The molecule has 4 heterocycles. The number of rotatable bonds is 4. The second-order valence-electron chi connectivity index (χ2n) is 7.93. The summed E-state index contributed by atoms with van der Waals surface area (Å²) in [4.78, 5) is 32.1. The second kappa shape index (κ2) is 8.07. The summed E-state index contributed by atoms with van der Waals surface area (Å²) in [5, 5.41) is 6.07. The largest absolute Gasteiger partial charge is 0.497 e. The molecule has 0 aliphatic carbocycles. The number of benzene rings is 1. The maximum atomic E-state index is 13.1. The number of carbonyl (C=O) groups excluding carboxylic acids is 1. The third-order valence-corrected chi connectivity index (χ3v) is 5.95. The van der Waals surface area contributed by atoms with Gasteiger partial charge in [0.05, 0.1) is 36.7 Å². The van der Waals surface area contributed by atoms with Crippen molar-refractivity contribution in [2.24, 2.45) is 0 Å². The fourth-order valence-electron chi connectivity index (χ4n) is 4.19. The summed E-state index contributed by atoms with van der Waals surface area (Å²) in [7, 11) is 1.62. The van der Waals surface area contributed by atoms with E-state index in [0.29, 0.717) is 30.7 Å². The van der Waals surface area contributed by atoms with Crippen LogP contribution < -0.4 is 15.6 Å². The molecule has 2 N–H and O–H groups in total. The summed E-state index contributed by atoms with van der Waals surface area (Å²) in [6, 6.07) is 9.29. The van der Waals surface area contributed by atoms with E-state index < -0.39 is 0 Å². The van der Waals surface area contributed by atoms with Gasteiger partial charge in [-0.25, -0.2) is 14.3 Å². The van der Waals surface area contributed by atoms with Crippen LogP contribution in [0.5, 0.6) is 5.75 Å². The first-order valence-electron chi connectivity index (χ1n) is 10.5. The molecule has 1 aromatic carbocycles. The fraction of sp³-hybridized carbons (Fsp3) is 0.409. The summed E-state index contributed by atoms with van der Waals surface area (Å²) in [5.74, 6) is 0.767. The predicted octanol–water partition coefficient (Wildman–Crippen LogP) is 1.94. The molecule has 2 aromatic heterocycles. The molecule has 162 valence electrons. The maximum absolute atomic E-state index is 13.1. The van der Waals surface area contributed by atoms with E-state index in [9.17, 15) is 9.59 Å². The molecule has 2 aliphatic rings. The summed E-state index contributed by atoms with van der Waals surface area (Å²) in [5.41, 5.74) is 3.44. The minimum Gasteiger partial charge on any atom is -0.497 e. The van der Waals surface area contributed by atoms with Crippen LogP contribution in [0.4, 0.5) is 4.79 Å². The first kappa shape index (κ1) is 19.6. The van der Waals surface area contributed by atoms with Crippen molar-refractivity contribution >= 4 is 11.7 Å². The molecule has 5 rings (SSSR count). The normalized spacial score (nSPS) is 18.2. The monoisotopic (exact) mass is 423 g/mol. The Bertz CT molecular complexity index is 1160. The number of nitrogens with zero attached hydrogens (tertiary/aromatic N) is 3. The topological polar surface area (TPSA) is 101 Å². The van der Waals surface area contributed by atoms with Gasteiger partial charge >= 0.3 is 6.03 Å². The molecule has 0 bridgehead atoms. The standard InChI is InChI=1S/C22H25N5O4/c1-30-15-6-4-14(5-7-15)19-11-20-24-18-8-9-26(13-17(18)21(28)27(20)25-19)22(29)23-12-16-3-2-10-31-16/h4-7,11,16,25H,2-3,8-10,12-13H2,1H3,(H,23,29)/t16-/m1/s1. The highest BCUT2D eigenvalue weighted by atomic mass is 16.5. The maximum Gasteiger partial charge on any atom is 0.317 e. The van der Waals surface area contributed by atoms with E-state index >= 15 is 0 Å². The molecule has 2 aliphatic heterocycles. The van der Waals surface area contributed by atoms with Gasteiger partial charge in [-0.15, -0.1) is 0 Å². The zero-order valence-corrected chi connectivity index (χ0v) is 17.4. The van der Waals surface area contributed by atoms with Crippen molar-refractivity contribution in [3.8, 4) is 17.0 Å². The SMILES string of the molecule is COc1ccc(-c2cc3nc4c(c(=O)n3[nH]2)CN(C(=O)NC[C@H]2CCCO2)CC4)cc1. The lowest BCUT2D eigenvalue weighted by Gasteiger charge is -2.28. The molecular weight excluding hydrogens is 398 g/mol. The third-order valence-electron chi connectivity index (χ3n) is 5.95. The molecule has 0 radical (unpaired) electrons. The number of hydrogen-bond donors (Lipinski definition) is 2. The van der Waals surface area contributed by atoms with Crippen LogP contribution in [-0.2, 0) is 17.7 Å². The van der Waals surface area contributed by atoms with Gasteiger partial charge in [0.15, 0.2) is 5.65 Å². The molecule has 0 saturated carbocycles. The molecule has 1 fully saturated rings.